The molecule has 2 rings (SSSR count). The first-order valence-corrected chi connectivity index (χ1v) is 6.74. The lowest BCUT2D eigenvalue weighted by Gasteiger charge is -2.13. The van der Waals surface area contributed by atoms with Crippen LogP contribution in [0.4, 0.5) is 0 Å². The second-order valence-electron chi connectivity index (χ2n) is 4.83. The maximum Gasteiger partial charge on any atom is 0.258 e. The van der Waals surface area contributed by atoms with Gasteiger partial charge in [-0.05, 0) is 36.2 Å². The first-order chi connectivity index (χ1) is 9.60. The molecule has 0 fully saturated rings. The molecule has 1 unspecified atom stereocenters. The lowest BCUT2D eigenvalue weighted by molar-refractivity contribution is -0.123. The van der Waals surface area contributed by atoms with Gasteiger partial charge >= 0.3 is 0 Å². The molecule has 106 valence electrons. The standard InChI is InChI=1S/C16H19NO3/c1-3-11(2)17-16(19)10-20-15-9-13-7-5-4-6-12(13)8-14(15)18/h4-9,11,18H,3,10H2,1-2H3,(H,17,19). The number of benzene rings is 2. The first kappa shape index (κ1) is 14.2. The van der Waals surface area contributed by atoms with E-state index in [1.807, 2.05) is 38.1 Å². The van der Waals surface area contributed by atoms with Crippen molar-refractivity contribution >= 4 is 16.7 Å². The largest absolute Gasteiger partial charge is 0.504 e. The number of phenolic OH excluding ortho intramolecular Hbond substituents is 1. The van der Waals surface area contributed by atoms with Gasteiger partial charge in [-0.15, -0.1) is 0 Å². The van der Waals surface area contributed by atoms with Gasteiger partial charge in [0.2, 0.25) is 0 Å². The molecular formula is C16H19NO3. The minimum atomic E-state index is -0.188. The van der Waals surface area contributed by atoms with E-state index in [0.717, 1.165) is 17.2 Å². The number of amides is 1. The molecule has 0 aromatic heterocycles. The van der Waals surface area contributed by atoms with Crippen molar-refractivity contribution in [1.82, 2.24) is 5.32 Å². The predicted octanol–water partition coefficient (Wildman–Crippen LogP) is 2.84. The van der Waals surface area contributed by atoms with Crippen LogP contribution >= 0.6 is 0 Å². The van der Waals surface area contributed by atoms with E-state index in [1.54, 1.807) is 12.1 Å². The van der Waals surface area contributed by atoms with Gasteiger partial charge in [-0.1, -0.05) is 31.2 Å². The number of aromatic hydroxyl groups is 1. The molecule has 2 N–H and O–H groups in total. The topological polar surface area (TPSA) is 58.6 Å². The Morgan fingerprint density at radius 3 is 2.60 bits per heavy atom. The fourth-order valence-electron chi connectivity index (χ4n) is 1.88. The number of fused-ring (bicyclic) bond motifs is 1. The van der Waals surface area contributed by atoms with E-state index in [0.29, 0.717) is 5.75 Å². The van der Waals surface area contributed by atoms with E-state index in [1.165, 1.54) is 0 Å². The number of ether oxygens (including phenoxy) is 1. The Hall–Kier alpha value is -2.23. The van der Waals surface area contributed by atoms with Crippen LogP contribution < -0.4 is 10.1 Å². The molecule has 2 aromatic carbocycles. The number of nitrogens with one attached hydrogen (secondary N) is 1. The van der Waals surface area contributed by atoms with Gasteiger partial charge in [0, 0.05) is 6.04 Å². The van der Waals surface area contributed by atoms with E-state index in [2.05, 4.69) is 5.32 Å². The van der Waals surface area contributed by atoms with Crippen LogP contribution in [0, 0.1) is 0 Å². The molecule has 0 aliphatic rings. The fraction of sp³-hybridized carbons (Fsp3) is 0.312. The molecule has 2 aromatic rings. The van der Waals surface area contributed by atoms with E-state index >= 15 is 0 Å². The summed E-state index contributed by atoms with van der Waals surface area (Å²) in [5, 5.41) is 14.6. The summed E-state index contributed by atoms with van der Waals surface area (Å²) in [5.41, 5.74) is 0. The van der Waals surface area contributed by atoms with Crippen molar-refractivity contribution in [3.63, 3.8) is 0 Å². The van der Waals surface area contributed by atoms with Gasteiger partial charge in [0.25, 0.3) is 5.91 Å². The molecule has 0 saturated heterocycles. The quantitative estimate of drug-likeness (QED) is 0.880. The van der Waals surface area contributed by atoms with Crippen molar-refractivity contribution in [2.24, 2.45) is 0 Å². The Bertz CT molecular complexity index is 610. The molecule has 0 radical (unpaired) electrons. The second-order valence-corrected chi connectivity index (χ2v) is 4.83. The van der Waals surface area contributed by atoms with Gasteiger partial charge in [-0.3, -0.25) is 4.79 Å². The Labute approximate surface area is 118 Å². The van der Waals surface area contributed by atoms with Gasteiger partial charge in [0.1, 0.15) is 0 Å². The maximum absolute atomic E-state index is 11.6. The average molecular weight is 273 g/mol. The molecule has 0 bridgehead atoms. The average Bonchev–Trinajstić information content (AvgIpc) is 2.44. The Balaban J connectivity index is 2.06. The van der Waals surface area contributed by atoms with Crippen LogP contribution in [0.5, 0.6) is 11.5 Å². The van der Waals surface area contributed by atoms with Crippen molar-refractivity contribution in [1.29, 1.82) is 0 Å². The summed E-state index contributed by atoms with van der Waals surface area (Å²) >= 11 is 0. The highest BCUT2D eigenvalue weighted by Crippen LogP contribution is 2.31. The zero-order valence-corrected chi connectivity index (χ0v) is 11.7. The van der Waals surface area contributed by atoms with Crippen molar-refractivity contribution in [2.45, 2.75) is 26.3 Å². The minimum absolute atomic E-state index is 0.0417. The van der Waals surface area contributed by atoms with E-state index in [9.17, 15) is 9.90 Å². The molecular weight excluding hydrogens is 254 g/mol. The molecule has 0 aliphatic carbocycles. The number of carbonyl (C=O) groups excluding carboxylic acids is 1. The first-order valence-electron chi connectivity index (χ1n) is 6.74. The smallest absolute Gasteiger partial charge is 0.258 e. The maximum atomic E-state index is 11.6. The zero-order chi connectivity index (χ0) is 14.5. The molecule has 0 aliphatic heterocycles. The monoisotopic (exact) mass is 273 g/mol. The highest BCUT2D eigenvalue weighted by atomic mass is 16.5. The van der Waals surface area contributed by atoms with Gasteiger partial charge in [0.05, 0.1) is 0 Å². The van der Waals surface area contributed by atoms with Crippen LogP contribution in [0.1, 0.15) is 20.3 Å². The van der Waals surface area contributed by atoms with Crippen LogP contribution in [-0.2, 0) is 4.79 Å². The molecule has 20 heavy (non-hydrogen) atoms. The number of carbonyl (C=O) groups is 1. The highest BCUT2D eigenvalue weighted by Gasteiger charge is 2.09. The molecule has 4 nitrogen and oxygen atoms in total. The lowest BCUT2D eigenvalue weighted by Crippen LogP contribution is -2.35. The third kappa shape index (κ3) is 3.41. The van der Waals surface area contributed by atoms with Crippen LogP contribution in [0.2, 0.25) is 0 Å². The summed E-state index contributed by atoms with van der Waals surface area (Å²) in [5.74, 6) is 0.176. The number of hydrogen-bond acceptors (Lipinski definition) is 3. The van der Waals surface area contributed by atoms with E-state index in [4.69, 9.17) is 4.74 Å². The Morgan fingerprint density at radius 2 is 1.95 bits per heavy atom. The number of rotatable bonds is 5. The van der Waals surface area contributed by atoms with Gasteiger partial charge in [-0.2, -0.15) is 0 Å². The number of hydrogen-bond donors (Lipinski definition) is 2. The van der Waals surface area contributed by atoms with Crippen molar-refractivity contribution in [2.75, 3.05) is 6.61 Å². The Kier molecular flexibility index (Phi) is 4.45. The fourth-order valence-corrected chi connectivity index (χ4v) is 1.88. The van der Waals surface area contributed by atoms with Crippen LogP contribution in [0.3, 0.4) is 0 Å². The number of phenols is 1. The molecule has 0 heterocycles. The molecule has 0 saturated carbocycles. The third-order valence-electron chi connectivity index (χ3n) is 3.21. The summed E-state index contributed by atoms with van der Waals surface area (Å²) < 4.78 is 5.39. The summed E-state index contributed by atoms with van der Waals surface area (Å²) in [6.45, 7) is 3.84. The minimum Gasteiger partial charge on any atom is -0.504 e. The second kappa shape index (κ2) is 6.28. The summed E-state index contributed by atoms with van der Waals surface area (Å²) in [6.07, 6.45) is 0.868. The predicted molar refractivity (Wildman–Crippen MR) is 79.0 cm³/mol. The van der Waals surface area contributed by atoms with Crippen molar-refractivity contribution < 1.29 is 14.6 Å². The SMILES string of the molecule is CCC(C)NC(=O)COc1cc2ccccc2cc1O. The van der Waals surface area contributed by atoms with Crippen LogP contribution in [-0.4, -0.2) is 23.7 Å². The third-order valence-corrected chi connectivity index (χ3v) is 3.21. The molecule has 1 atom stereocenters. The highest BCUT2D eigenvalue weighted by molar-refractivity contribution is 5.86. The Morgan fingerprint density at radius 1 is 1.30 bits per heavy atom. The van der Waals surface area contributed by atoms with E-state index in [-0.39, 0.29) is 24.3 Å². The summed E-state index contributed by atoms with van der Waals surface area (Å²) in [6, 6.07) is 11.2. The normalized spacial score (nSPS) is 12.1. The van der Waals surface area contributed by atoms with Crippen LogP contribution in [0.25, 0.3) is 10.8 Å². The lowest BCUT2D eigenvalue weighted by atomic mass is 10.1. The molecule has 1 amide bonds. The molecule has 0 spiro atoms. The van der Waals surface area contributed by atoms with E-state index < -0.39 is 0 Å². The molecule has 4 heteroatoms. The summed E-state index contributed by atoms with van der Waals surface area (Å²) in [4.78, 5) is 11.6. The van der Waals surface area contributed by atoms with Gasteiger partial charge in [-0.25, -0.2) is 0 Å². The zero-order valence-electron chi connectivity index (χ0n) is 11.7. The van der Waals surface area contributed by atoms with Gasteiger partial charge in [0.15, 0.2) is 18.1 Å². The van der Waals surface area contributed by atoms with Gasteiger partial charge < -0.3 is 15.2 Å². The van der Waals surface area contributed by atoms with Crippen molar-refractivity contribution in [3.05, 3.63) is 36.4 Å². The summed E-state index contributed by atoms with van der Waals surface area (Å²) in [7, 11) is 0. The van der Waals surface area contributed by atoms with Crippen LogP contribution in [0.15, 0.2) is 36.4 Å². The van der Waals surface area contributed by atoms with Crippen molar-refractivity contribution in [3.8, 4) is 11.5 Å².